The fraction of sp³-hybridized carbons (Fsp3) is 0.476. The number of carbonyl (C=O) groups is 1. The summed E-state index contributed by atoms with van der Waals surface area (Å²) in [6, 6.07) is 4.26. The van der Waals surface area contributed by atoms with Gasteiger partial charge in [-0.3, -0.25) is 19.6 Å². The van der Waals surface area contributed by atoms with E-state index in [-0.39, 0.29) is 6.42 Å². The minimum Gasteiger partial charge on any atom is -0.481 e. The number of hydrogen-bond donors (Lipinski definition) is 4. The molecular formula is C21H26N4O4. The highest BCUT2D eigenvalue weighted by Gasteiger charge is 2.30. The van der Waals surface area contributed by atoms with Crippen molar-refractivity contribution in [2.24, 2.45) is 0 Å². The van der Waals surface area contributed by atoms with Crippen LogP contribution in [0.3, 0.4) is 0 Å². The third-order valence-corrected chi connectivity index (χ3v) is 5.67. The first-order valence-corrected chi connectivity index (χ1v) is 10.2. The maximum atomic E-state index is 12.4. The van der Waals surface area contributed by atoms with E-state index in [1.165, 1.54) is 24.0 Å². The molecule has 1 fully saturated rings. The third kappa shape index (κ3) is 4.06. The van der Waals surface area contributed by atoms with Crippen LogP contribution in [-0.4, -0.2) is 27.6 Å². The Balaban J connectivity index is 1.62. The number of hydrogen-bond acceptors (Lipinski definition) is 5. The lowest BCUT2D eigenvalue weighted by Gasteiger charge is -2.33. The summed E-state index contributed by atoms with van der Waals surface area (Å²) < 4.78 is 0. The summed E-state index contributed by atoms with van der Waals surface area (Å²) in [5.41, 5.74) is 3.75. The van der Waals surface area contributed by atoms with Crippen LogP contribution in [0.25, 0.3) is 0 Å². The number of nitrogens with one attached hydrogen (secondary N) is 3. The van der Waals surface area contributed by atoms with Crippen LogP contribution in [0.15, 0.2) is 21.7 Å². The number of carboxylic acids is 1. The molecule has 0 amide bonds. The Morgan fingerprint density at radius 3 is 2.62 bits per heavy atom. The average Bonchev–Trinajstić information content (AvgIpc) is 3.49. The highest BCUT2D eigenvalue weighted by Crippen LogP contribution is 2.47. The molecule has 1 aromatic heterocycles. The number of rotatable bonds is 8. The SMILES string of the molecule is Cc1cc2c(cc1C1CC1)N(CCCCCCC(=O)O)c1[nH]c(=O)[nH]c(=O)c1N2. The van der Waals surface area contributed by atoms with Gasteiger partial charge in [-0.25, -0.2) is 4.79 Å². The maximum absolute atomic E-state index is 12.4. The quantitative estimate of drug-likeness (QED) is 0.506. The standard InChI is InChI=1S/C21H26N4O4/c1-12-10-15-16(11-14(12)13-7-8-13)25(9-5-3-2-4-6-17(26)27)19-18(22-15)20(28)24-21(29)23-19/h10-11,13,22H,2-9H2,1H3,(H,26,27)(H2,23,24,28,29). The molecule has 1 aliphatic heterocycles. The number of unbranched alkanes of at least 4 members (excludes halogenated alkanes) is 3. The molecular weight excluding hydrogens is 372 g/mol. The van der Waals surface area contributed by atoms with Crippen LogP contribution in [0.1, 0.15) is 62.0 Å². The van der Waals surface area contributed by atoms with E-state index in [1.807, 2.05) is 4.90 Å². The van der Waals surface area contributed by atoms with Crippen molar-refractivity contribution in [3.05, 3.63) is 44.1 Å². The predicted molar refractivity (Wildman–Crippen MR) is 112 cm³/mol. The molecule has 0 radical (unpaired) electrons. The summed E-state index contributed by atoms with van der Waals surface area (Å²) in [4.78, 5) is 42.0. The number of aromatic nitrogens is 2. The van der Waals surface area contributed by atoms with Crippen LogP contribution < -0.4 is 21.5 Å². The van der Waals surface area contributed by atoms with E-state index in [1.54, 1.807) is 0 Å². The van der Waals surface area contributed by atoms with Gasteiger partial charge in [-0.2, -0.15) is 0 Å². The molecule has 154 valence electrons. The van der Waals surface area contributed by atoms with Gasteiger partial charge in [0.25, 0.3) is 5.56 Å². The molecule has 0 spiro atoms. The molecule has 0 bridgehead atoms. The van der Waals surface area contributed by atoms with Crippen LogP contribution in [0.5, 0.6) is 0 Å². The molecule has 1 aromatic carbocycles. The van der Waals surface area contributed by atoms with Crippen LogP contribution in [0.2, 0.25) is 0 Å². The number of aryl methyl sites for hydroxylation is 1. The minimum absolute atomic E-state index is 0.187. The lowest BCUT2D eigenvalue weighted by Crippen LogP contribution is -2.34. The van der Waals surface area contributed by atoms with E-state index in [0.717, 1.165) is 30.6 Å². The van der Waals surface area contributed by atoms with E-state index in [2.05, 4.69) is 34.3 Å². The minimum atomic E-state index is -0.769. The molecule has 2 aliphatic rings. The highest BCUT2D eigenvalue weighted by molar-refractivity contribution is 5.90. The molecule has 2 aromatic rings. The number of anilines is 4. The van der Waals surface area contributed by atoms with E-state index in [0.29, 0.717) is 30.4 Å². The summed E-state index contributed by atoms with van der Waals surface area (Å²) in [7, 11) is 0. The van der Waals surface area contributed by atoms with Crippen molar-refractivity contribution in [1.82, 2.24) is 9.97 Å². The Kier molecular flexibility index (Phi) is 5.17. The largest absolute Gasteiger partial charge is 0.481 e. The Morgan fingerprint density at radius 1 is 1.14 bits per heavy atom. The van der Waals surface area contributed by atoms with E-state index >= 15 is 0 Å². The second-order valence-electron chi connectivity index (χ2n) is 7.97. The molecule has 2 heterocycles. The zero-order valence-electron chi connectivity index (χ0n) is 16.5. The lowest BCUT2D eigenvalue weighted by atomic mass is 10.00. The molecule has 0 unspecified atom stereocenters. The third-order valence-electron chi connectivity index (χ3n) is 5.67. The van der Waals surface area contributed by atoms with Crippen LogP contribution in [0, 0.1) is 6.92 Å². The Bertz CT molecular complexity index is 1050. The zero-order valence-corrected chi connectivity index (χ0v) is 16.5. The summed E-state index contributed by atoms with van der Waals surface area (Å²) in [5, 5.41) is 12.0. The van der Waals surface area contributed by atoms with Crippen molar-refractivity contribution in [1.29, 1.82) is 0 Å². The zero-order chi connectivity index (χ0) is 20.5. The smallest absolute Gasteiger partial charge is 0.327 e. The molecule has 0 atom stereocenters. The summed E-state index contributed by atoms with van der Waals surface area (Å²) in [6.45, 7) is 2.73. The van der Waals surface area contributed by atoms with Crippen LogP contribution >= 0.6 is 0 Å². The number of fused-ring (bicyclic) bond motifs is 2. The first-order valence-electron chi connectivity index (χ1n) is 10.2. The highest BCUT2D eigenvalue weighted by atomic mass is 16.4. The fourth-order valence-corrected chi connectivity index (χ4v) is 4.05. The second kappa shape index (κ2) is 7.77. The number of nitrogens with zero attached hydrogens (tertiary/aromatic N) is 1. The lowest BCUT2D eigenvalue weighted by molar-refractivity contribution is -0.137. The van der Waals surface area contributed by atoms with Crippen molar-refractivity contribution in [2.75, 3.05) is 16.8 Å². The van der Waals surface area contributed by atoms with Crippen LogP contribution in [-0.2, 0) is 4.79 Å². The van der Waals surface area contributed by atoms with E-state index in [9.17, 15) is 14.4 Å². The predicted octanol–water partition coefficient (Wildman–Crippen LogP) is 3.48. The second-order valence-corrected chi connectivity index (χ2v) is 7.97. The Morgan fingerprint density at radius 2 is 1.90 bits per heavy atom. The number of aromatic amines is 2. The molecule has 0 saturated heterocycles. The van der Waals surface area contributed by atoms with Gasteiger partial charge in [0.1, 0.15) is 11.5 Å². The van der Waals surface area contributed by atoms with Gasteiger partial charge in [0.15, 0.2) is 0 Å². The van der Waals surface area contributed by atoms with Gasteiger partial charge in [-0.05, 0) is 61.8 Å². The van der Waals surface area contributed by atoms with Crippen molar-refractivity contribution in [2.45, 2.75) is 57.8 Å². The Hall–Kier alpha value is -3.03. The molecule has 29 heavy (non-hydrogen) atoms. The van der Waals surface area contributed by atoms with Gasteiger partial charge in [-0.15, -0.1) is 0 Å². The molecule has 8 heteroatoms. The van der Waals surface area contributed by atoms with Gasteiger partial charge in [0.05, 0.1) is 11.4 Å². The topological polar surface area (TPSA) is 118 Å². The van der Waals surface area contributed by atoms with Gasteiger partial charge in [-0.1, -0.05) is 12.8 Å². The van der Waals surface area contributed by atoms with Crippen molar-refractivity contribution < 1.29 is 9.90 Å². The maximum Gasteiger partial charge on any atom is 0.327 e. The van der Waals surface area contributed by atoms with Crippen molar-refractivity contribution >= 4 is 28.8 Å². The van der Waals surface area contributed by atoms with Gasteiger partial charge >= 0.3 is 11.7 Å². The number of benzene rings is 1. The van der Waals surface area contributed by atoms with E-state index in [4.69, 9.17) is 5.11 Å². The monoisotopic (exact) mass is 398 g/mol. The fourth-order valence-electron chi connectivity index (χ4n) is 4.05. The van der Waals surface area contributed by atoms with Gasteiger partial charge in [0.2, 0.25) is 0 Å². The Labute approximate surface area is 168 Å². The molecule has 4 N–H and O–H groups in total. The average molecular weight is 398 g/mol. The number of carboxylic acid groups (broad SMARTS) is 1. The van der Waals surface area contributed by atoms with Crippen LogP contribution in [0.4, 0.5) is 22.9 Å². The molecule has 4 rings (SSSR count). The van der Waals surface area contributed by atoms with Gasteiger partial charge < -0.3 is 15.3 Å². The summed E-state index contributed by atoms with van der Waals surface area (Å²) >= 11 is 0. The molecule has 1 saturated carbocycles. The first-order chi connectivity index (χ1) is 13.9. The van der Waals surface area contributed by atoms with Crippen molar-refractivity contribution in [3.63, 3.8) is 0 Å². The number of aliphatic carboxylic acids is 1. The van der Waals surface area contributed by atoms with Gasteiger partial charge in [0, 0.05) is 13.0 Å². The molecule has 8 nitrogen and oxygen atoms in total. The first kappa shape index (κ1) is 19.3. The summed E-state index contributed by atoms with van der Waals surface area (Å²) in [5.74, 6) is 0.315. The van der Waals surface area contributed by atoms with Crippen molar-refractivity contribution in [3.8, 4) is 0 Å². The normalized spacial score (nSPS) is 14.9. The van der Waals surface area contributed by atoms with E-state index < -0.39 is 17.2 Å². The number of H-pyrrole nitrogens is 2. The molecule has 1 aliphatic carbocycles. The summed E-state index contributed by atoms with van der Waals surface area (Å²) in [6.07, 6.45) is 5.80.